The second kappa shape index (κ2) is 5.03. The van der Waals surface area contributed by atoms with Gasteiger partial charge in [0.1, 0.15) is 5.75 Å². The lowest BCUT2D eigenvalue weighted by Gasteiger charge is -2.09. The molecule has 2 N–H and O–H groups in total. The third-order valence-corrected chi connectivity index (χ3v) is 3.53. The lowest BCUT2D eigenvalue weighted by Crippen LogP contribution is -2.12. The molecule has 1 amide bonds. The molecule has 0 bridgehead atoms. The highest BCUT2D eigenvalue weighted by Gasteiger charge is 2.21. The quantitative estimate of drug-likeness (QED) is 0.890. The zero-order valence-electron chi connectivity index (χ0n) is 11.4. The molecule has 3 rings (SSSR count). The molecule has 0 aliphatic carbocycles. The van der Waals surface area contributed by atoms with E-state index >= 15 is 0 Å². The molecule has 6 heteroatoms. The summed E-state index contributed by atoms with van der Waals surface area (Å²) in [6.45, 7) is 1.35. The van der Waals surface area contributed by atoms with E-state index in [1.54, 1.807) is 7.11 Å². The fraction of sp³-hybridized carbons (Fsp3) is 0.429. The number of ether oxygens (including phenoxy) is 2. The minimum atomic E-state index is -0.290. The number of fused-ring (bicyclic) bond motifs is 3. The number of carbonyl (C=O) groups is 1. The van der Waals surface area contributed by atoms with Gasteiger partial charge in [0.05, 0.1) is 24.8 Å². The van der Waals surface area contributed by atoms with Crippen molar-refractivity contribution in [3.8, 4) is 11.8 Å². The molecule has 1 aromatic carbocycles. The van der Waals surface area contributed by atoms with Crippen LogP contribution in [0.3, 0.4) is 0 Å². The van der Waals surface area contributed by atoms with E-state index < -0.39 is 0 Å². The molecular weight excluding hydrogens is 258 g/mol. The fourth-order valence-corrected chi connectivity index (χ4v) is 2.67. The molecule has 0 spiro atoms. The monoisotopic (exact) mass is 275 g/mol. The Morgan fingerprint density at radius 3 is 3.15 bits per heavy atom. The molecule has 2 heterocycles. The summed E-state index contributed by atoms with van der Waals surface area (Å²) in [6, 6.07) is 4.45. The number of imidazole rings is 1. The van der Waals surface area contributed by atoms with Crippen molar-refractivity contribution in [3.63, 3.8) is 0 Å². The van der Waals surface area contributed by atoms with Gasteiger partial charge in [0.2, 0.25) is 5.91 Å². The van der Waals surface area contributed by atoms with E-state index in [1.807, 2.05) is 16.7 Å². The molecule has 0 fully saturated rings. The molecule has 1 aromatic heterocycles. The van der Waals surface area contributed by atoms with Crippen molar-refractivity contribution >= 4 is 16.9 Å². The fourth-order valence-electron chi connectivity index (χ4n) is 2.67. The lowest BCUT2D eigenvalue weighted by atomic mass is 10.1. The van der Waals surface area contributed by atoms with Crippen LogP contribution in [0.25, 0.3) is 11.0 Å². The number of benzene rings is 1. The van der Waals surface area contributed by atoms with Gasteiger partial charge >= 0.3 is 0 Å². The van der Waals surface area contributed by atoms with E-state index in [4.69, 9.17) is 15.2 Å². The third kappa shape index (κ3) is 2.07. The minimum Gasteiger partial charge on any atom is -0.493 e. The standard InChI is InChI=1S/C14H17N3O3/c1-19-14-16-10-4-5-11-9(6-8-20-11)13(10)17(14)7-2-3-12(15)18/h4-5H,2-3,6-8H2,1H3,(H2,15,18). The molecule has 0 atom stereocenters. The Hall–Kier alpha value is -2.24. The zero-order chi connectivity index (χ0) is 14.1. The third-order valence-electron chi connectivity index (χ3n) is 3.53. The van der Waals surface area contributed by atoms with Crippen LogP contribution in [-0.2, 0) is 17.8 Å². The molecular formula is C14H17N3O3. The van der Waals surface area contributed by atoms with Crippen LogP contribution >= 0.6 is 0 Å². The predicted molar refractivity (Wildman–Crippen MR) is 73.9 cm³/mol. The van der Waals surface area contributed by atoms with E-state index in [0.29, 0.717) is 32.0 Å². The number of aryl methyl sites for hydroxylation is 1. The Balaban J connectivity index is 2.03. The first-order valence-corrected chi connectivity index (χ1v) is 6.68. The average Bonchev–Trinajstić information content (AvgIpc) is 3.01. The normalized spacial score (nSPS) is 13.2. The number of nitrogens with zero attached hydrogens (tertiary/aromatic N) is 2. The van der Waals surface area contributed by atoms with Gasteiger partial charge < -0.3 is 15.2 Å². The van der Waals surface area contributed by atoms with E-state index in [2.05, 4.69) is 4.98 Å². The van der Waals surface area contributed by atoms with E-state index in [-0.39, 0.29) is 5.91 Å². The van der Waals surface area contributed by atoms with Crippen LogP contribution in [0.5, 0.6) is 11.8 Å². The summed E-state index contributed by atoms with van der Waals surface area (Å²) in [5, 5.41) is 0. The van der Waals surface area contributed by atoms with Gasteiger partial charge in [-0.2, -0.15) is 4.98 Å². The molecule has 0 radical (unpaired) electrons. The van der Waals surface area contributed by atoms with Crippen LogP contribution in [0.4, 0.5) is 0 Å². The summed E-state index contributed by atoms with van der Waals surface area (Å²) in [7, 11) is 1.60. The number of amides is 1. The molecule has 1 aliphatic rings. The smallest absolute Gasteiger partial charge is 0.297 e. The van der Waals surface area contributed by atoms with Gasteiger partial charge in [-0.05, 0) is 18.6 Å². The SMILES string of the molecule is COc1nc2ccc3c(c2n1CCCC(N)=O)CCO3. The summed E-state index contributed by atoms with van der Waals surface area (Å²) in [5.74, 6) is 0.623. The second-order valence-electron chi connectivity index (χ2n) is 4.83. The first-order valence-electron chi connectivity index (χ1n) is 6.68. The second-order valence-corrected chi connectivity index (χ2v) is 4.83. The molecule has 0 unspecified atom stereocenters. The number of methoxy groups -OCH3 is 1. The Labute approximate surface area is 116 Å². The van der Waals surface area contributed by atoms with Crippen molar-refractivity contribution in [1.29, 1.82) is 0 Å². The molecule has 0 saturated heterocycles. The number of nitrogens with two attached hydrogens (primary N) is 1. The van der Waals surface area contributed by atoms with Gasteiger partial charge in [0, 0.05) is 24.9 Å². The van der Waals surface area contributed by atoms with Gasteiger partial charge in [0.25, 0.3) is 6.01 Å². The number of hydrogen-bond donors (Lipinski definition) is 1. The Morgan fingerprint density at radius 1 is 1.55 bits per heavy atom. The van der Waals surface area contributed by atoms with Crippen LogP contribution in [0.1, 0.15) is 18.4 Å². The summed E-state index contributed by atoms with van der Waals surface area (Å²) in [4.78, 5) is 15.4. The van der Waals surface area contributed by atoms with Crippen LogP contribution < -0.4 is 15.2 Å². The number of hydrogen-bond acceptors (Lipinski definition) is 4. The van der Waals surface area contributed by atoms with E-state index in [0.717, 1.165) is 28.8 Å². The Bertz CT molecular complexity index is 663. The van der Waals surface area contributed by atoms with Gasteiger partial charge in [-0.3, -0.25) is 9.36 Å². The van der Waals surface area contributed by atoms with Crippen molar-refractivity contribution in [3.05, 3.63) is 17.7 Å². The first-order chi connectivity index (χ1) is 9.70. The van der Waals surface area contributed by atoms with Gasteiger partial charge in [-0.1, -0.05) is 0 Å². The maximum absolute atomic E-state index is 10.9. The van der Waals surface area contributed by atoms with Crippen molar-refractivity contribution in [2.75, 3.05) is 13.7 Å². The topological polar surface area (TPSA) is 79.4 Å². The number of carbonyl (C=O) groups excluding carboxylic acids is 1. The maximum atomic E-state index is 10.9. The molecule has 6 nitrogen and oxygen atoms in total. The number of primary amides is 1. The Morgan fingerprint density at radius 2 is 2.40 bits per heavy atom. The average molecular weight is 275 g/mol. The van der Waals surface area contributed by atoms with Gasteiger partial charge in [-0.15, -0.1) is 0 Å². The summed E-state index contributed by atoms with van der Waals surface area (Å²) in [6.07, 6.45) is 1.90. The number of rotatable bonds is 5. The largest absolute Gasteiger partial charge is 0.493 e. The van der Waals surface area contributed by atoms with Crippen molar-refractivity contribution < 1.29 is 14.3 Å². The lowest BCUT2D eigenvalue weighted by molar-refractivity contribution is -0.118. The van der Waals surface area contributed by atoms with Crippen molar-refractivity contribution in [2.24, 2.45) is 5.73 Å². The number of aromatic nitrogens is 2. The summed E-state index contributed by atoms with van der Waals surface area (Å²) in [5.41, 5.74) is 8.29. The predicted octanol–water partition coefficient (Wildman–Crippen LogP) is 1.25. The maximum Gasteiger partial charge on any atom is 0.297 e. The van der Waals surface area contributed by atoms with Crippen molar-refractivity contribution in [2.45, 2.75) is 25.8 Å². The van der Waals surface area contributed by atoms with E-state index in [1.165, 1.54) is 0 Å². The molecule has 2 aromatic rings. The summed E-state index contributed by atoms with van der Waals surface area (Å²) < 4.78 is 12.9. The minimum absolute atomic E-state index is 0.290. The van der Waals surface area contributed by atoms with Gasteiger partial charge in [-0.25, -0.2) is 0 Å². The molecule has 0 saturated carbocycles. The highest BCUT2D eigenvalue weighted by Crippen LogP contribution is 2.34. The Kier molecular flexibility index (Phi) is 3.22. The molecule has 106 valence electrons. The van der Waals surface area contributed by atoms with E-state index in [9.17, 15) is 4.79 Å². The van der Waals surface area contributed by atoms with Crippen LogP contribution in [0.2, 0.25) is 0 Å². The summed E-state index contributed by atoms with van der Waals surface area (Å²) >= 11 is 0. The van der Waals surface area contributed by atoms with Gasteiger partial charge in [0.15, 0.2) is 0 Å². The van der Waals surface area contributed by atoms with Crippen LogP contribution in [-0.4, -0.2) is 29.2 Å². The highest BCUT2D eigenvalue weighted by molar-refractivity contribution is 5.83. The van der Waals surface area contributed by atoms with Crippen LogP contribution in [0, 0.1) is 0 Å². The highest BCUT2D eigenvalue weighted by atomic mass is 16.5. The molecule has 1 aliphatic heterocycles. The van der Waals surface area contributed by atoms with Crippen molar-refractivity contribution in [1.82, 2.24) is 9.55 Å². The first kappa shape index (κ1) is 12.8. The van der Waals surface area contributed by atoms with Crippen LogP contribution in [0.15, 0.2) is 12.1 Å². The molecule has 20 heavy (non-hydrogen) atoms. The zero-order valence-corrected chi connectivity index (χ0v) is 11.4.